The van der Waals surface area contributed by atoms with Gasteiger partial charge in [0.2, 0.25) is 11.8 Å². The molecular formula is C24H27N3O2S. The fourth-order valence-electron chi connectivity index (χ4n) is 3.43. The van der Waals surface area contributed by atoms with Crippen LogP contribution < -0.4 is 5.32 Å². The van der Waals surface area contributed by atoms with Gasteiger partial charge in [0.15, 0.2) is 5.17 Å². The van der Waals surface area contributed by atoms with Gasteiger partial charge in [0.05, 0.1) is 5.69 Å². The highest BCUT2D eigenvalue weighted by molar-refractivity contribution is 8.15. The molecule has 0 aliphatic carbocycles. The van der Waals surface area contributed by atoms with Crippen molar-refractivity contribution >= 4 is 40.1 Å². The number of carbonyl (C=O) groups is 2. The predicted octanol–water partition coefficient (Wildman–Crippen LogP) is 5.07. The molecule has 0 aromatic heterocycles. The molecule has 2 amide bonds. The molecule has 0 bridgehead atoms. The molecule has 3 rings (SSSR count). The summed E-state index contributed by atoms with van der Waals surface area (Å²) in [7, 11) is 0. The first-order valence-corrected chi connectivity index (χ1v) is 10.8. The summed E-state index contributed by atoms with van der Waals surface area (Å²) in [4.78, 5) is 32.0. The van der Waals surface area contributed by atoms with Crippen LogP contribution in [0.25, 0.3) is 0 Å². The number of thioether (sulfide) groups is 1. The van der Waals surface area contributed by atoms with Gasteiger partial charge in [-0.25, -0.2) is 4.99 Å². The summed E-state index contributed by atoms with van der Waals surface area (Å²) in [5.74, 6) is -0.287. The van der Waals surface area contributed by atoms with Gasteiger partial charge in [-0.3, -0.25) is 14.5 Å². The highest BCUT2D eigenvalue weighted by atomic mass is 32.2. The molecule has 0 saturated carbocycles. The Morgan fingerprint density at radius 3 is 2.50 bits per heavy atom. The van der Waals surface area contributed by atoms with E-state index in [0.29, 0.717) is 11.7 Å². The number of rotatable bonds is 6. The van der Waals surface area contributed by atoms with Gasteiger partial charge in [-0.2, -0.15) is 0 Å². The molecule has 1 aliphatic rings. The second kappa shape index (κ2) is 9.30. The van der Waals surface area contributed by atoms with Crippen molar-refractivity contribution < 1.29 is 9.59 Å². The molecule has 6 heteroatoms. The zero-order chi connectivity index (χ0) is 21.8. The number of para-hydroxylation sites is 1. The van der Waals surface area contributed by atoms with Crippen molar-refractivity contribution in [1.82, 2.24) is 4.90 Å². The number of nitrogens with zero attached hydrogens (tertiary/aromatic N) is 2. The Hall–Kier alpha value is -2.86. The minimum Gasteiger partial charge on any atom is -0.326 e. The summed E-state index contributed by atoms with van der Waals surface area (Å²) in [6.45, 7) is 12.1. The highest BCUT2D eigenvalue weighted by Crippen LogP contribution is 2.33. The van der Waals surface area contributed by atoms with E-state index in [1.54, 1.807) is 11.0 Å². The molecule has 1 atom stereocenters. The molecule has 1 unspecified atom stereocenters. The molecule has 1 aliphatic heterocycles. The fourth-order valence-corrected chi connectivity index (χ4v) is 4.59. The first kappa shape index (κ1) is 21.8. The van der Waals surface area contributed by atoms with Gasteiger partial charge in [-0.05, 0) is 50.5 Å². The minimum absolute atomic E-state index is 0.0941. The third-order valence-corrected chi connectivity index (χ3v) is 6.19. The molecule has 156 valence electrons. The van der Waals surface area contributed by atoms with Crippen LogP contribution in [0.15, 0.2) is 54.0 Å². The van der Waals surface area contributed by atoms with Crippen molar-refractivity contribution in [2.75, 3.05) is 11.9 Å². The lowest BCUT2D eigenvalue weighted by molar-refractivity contribution is -0.127. The number of nitrogens with one attached hydrogen (secondary N) is 1. The van der Waals surface area contributed by atoms with Gasteiger partial charge in [0.25, 0.3) is 0 Å². The lowest BCUT2D eigenvalue weighted by Crippen LogP contribution is -2.33. The van der Waals surface area contributed by atoms with Crippen LogP contribution in [0.1, 0.15) is 28.7 Å². The Morgan fingerprint density at radius 1 is 1.17 bits per heavy atom. The van der Waals surface area contributed by atoms with E-state index in [0.717, 1.165) is 33.6 Å². The van der Waals surface area contributed by atoms with Gasteiger partial charge in [-0.15, -0.1) is 6.58 Å². The van der Waals surface area contributed by atoms with E-state index in [9.17, 15) is 9.59 Å². The van der Waals surface area contributed by atoms with Crippen molar-refractivity contribution in [1.29, 1.82) is 0 Å². The maximum atomic E-state index is 13.0. The van der Waals surface area contributed by atoms with Gasteiger partial charge in [-0.1, -0.05) is 53.7 Å². The lowest BCUT2D eigenvalue weighted by atomic mass is 10.1. The van der Waals surface area contributed by atoms with Crippen LogP contribution >= 0.6 is 11.8 Å². The Balaban J connectivity index is 1.79. The third kappa shape index (κ3) is 4.82. The number of hydrogen-bond acceptors (Lipinski definition) is 4. The first-order valence-electron chi connectivity index (χ1n) is 9.91. The number of carbonyl (C=O) groups excluding carboxylic acids is 2. The van der Waals surface area contributed by atoms with Crippen molar-refractivity contribution in [3.05, 3.63) is 71.3 Å². The quantitative estimate of drug-likeness (QED) is 0.663. The molecule has 1 N–H and O–H groups in total. The van der Waals surface area contributed by atoms with E-state index < -0.39 is 5.25 Å². The number of anilines is 1. The summed E-state index contributed by atoms with van der Waals surface area (Å²) < 4.78 is 0. The Bertz CT molecular complexity index is 1010. The van der Waals surface area contributed by atoms with E-state index >= 15 is 0 Å². The predicted molar refractivity (Wildman–Crippen MR) is 125 cm³/mol. The maximum Gasteiger partial charge on any atom is 0.242 e. The van der Waals surface area contributed by atoms with E-state index in [1.807, 2.05) is 58.0 Å². The number of amides is 2. The molecule has 2 aromatic carbocycles. The number of benzene rings is 2. The molecule has 1 saturated heterocycles. The highest BCUT2D eigenvalue weighted by Gasteiger charge is 2.38. The average Bonchev–Trinajstić information content (AvgIpc) is 2.96. The van der Waals surface area contributed by atoms with Crippen LogP contribution in [0.3, 0.4) is 0 Å². The SMILES string of the molecule is C=CCN1C(=O)C(CC(=O)Nc2c(C)cccc2C)SC1=Nc1ccc(C)cc1C. The minimum atomic E-state index is -0.501. The van der Waals surface area contributed by atoms with Crippen LogP contribution in [0.2, 0.25) is 0 Å². The largest absolute Gasteiger partial charge is 0.326 e. The second-order valence-corrected chi connectivity index (χ2v) is 8.72. The lowest BCUT2D eigenvalue weighted by Gasteiger charge is -2.15. The average molecular weight is 422 g/mol. The molecule has 0 spiro atoms. The van der Waals surface area contributed by atoms with Crippen molar-refractivity contribution in [3.8, 4) is 0 Å². The van der Waals surface area contributed by atoms with Crippen LogP contribution in [0.5, 0.6) is 0 Å². The van der Waals surface area contributed by atoms with Crippen molar-refractivity contribution in [3.63, 3.8) is 0 Å². The fraction of sp³-hybridized carbons (Fsp3) is 0.292. The monoisotopic (exact) mass is 421 g/mol. The van der Waals surface area contributed by atoms with E-state index in [2.05, 4.69) is 18.0 Å². The van der Waals surface area contributed by atoms with Gasteiger partial charge < -0.3 is 5.32 Å². The maximum absolute atomic E-state index is 13.0. The summed E-state index contributed by atoms with van der Waals surface area (Å²) in [5, 5.41) is 3.08. The molecule has 1 heterocycles. The summed E-state index contributed by atoms with van der Waals surface area (Å²) in [5.41, 5.74) is 5.84. The Labute approximate surface area is 182 Å². The van der Waals surface area contributed by atoms with Gasteiger partial charge >= 0.3 is 0 Å². The first-order chi connectivity index (χ1) is 14.3. The van der Waals surface area contributed by atoms with E-state index in [4.69, 9.17) is 4.99 Å². The summed E-state index contributed by atoms with van der Waals surface area (Å²) in [6.07, 6.45) is 1.77. The molecule has 30 heavy (non-hydrogen) atoms. The van der Waals surface area contributed by atoms with Crippen LogP contribution in [-0.2, 0) is 9.59 Å². The number of aliphatic imine (C=N–C) groups is 1. The van der Waals surface area contributed by atoms with Crippen molar-refractivity contribution in [2.24, 2.45) is 4.99 Å². The normalized spacial score (nSPS) is 17.5. The number of amidine groups is 1. The molecule has 0 radical (unpaired) electrons. The second-order valence-electron chi connectivity index (χ2n) is 7.55. The summed E-state index contributed by atoms with van der Waals surface area (Å²) in [6, 6.07) is 11.9. The van der Waals surface area contributed by atoms with Crippen LogP contribution in [-0.4, -0.2) is 33.7 Å². The van der Waals surface area contributed by atoms with Crippen LogP contribution in [0, 0.1) is 27.7 Å². The van der Waals surface area contributed by atoms with E-state index in [1.165, 1.54) is 11.8 Å². The van der Waals surface area contributed by atoms with Gasteiger partial charge in [0.1, 0.15) is 5.25 Å². The van der Waals surface area contributed by atoms with Crippen LogP contribution in [0.4, 0.5) is 11.4 Å². The smallest absolute Gasteiger partial charge is 0.242 e. The van der Waals surface area contributed by atoms with Gasteiger partial charge in [0, 0.05) is 18.7 Å². The van der Waals surface area contributed by atoms with E-state index in [-0.39, 0.29) is 18.2 Å². The number of aryl methyl sites for hydroxylation is 4. The topological polar surface area (TPSA) is 61.8 Å². The zero-order valence-corrected chi connectivity index (χ0v) is 18.7. The molecule has 1 fully saturated rings. The molecule has 2 aromatic rings. The van der Waals surface area contributed by atoms with Crippen molar-refractivity contribution in [2.45, 2.75) is 39.4 Å². The molecular weight excluding hydrogens is 394 g/mol. The summed E-state index contributed by atoms with van der Waals surface area (Å²) >= 11 is 1.34. The number of hydrogen-bond donors (Lipinski definition) is 1. The Kier molecular flexibility index (Phi) is 6.77. The molecule has 5 nitrogen and oxygen atoms in total. The third-order valence-electron chi connectivity index (χ3n) is 5.02. The zero-order valence-electron chi connectivity index (χ0n) is 17.9. The Morgan fingerprint density at radius 2 is 1.87 bits per heavy atom. The standard InChI is InChI=1S/C24H27N3O2S/c1-6-12-27-23(29)20(14-21(28)26-22-16(3)8-7-9-17(22)4)30-24(27)25-19-11-10-15(2)13-18(19)5/h6-11,13,20H,1,12,14H2,2-5H3,(H,26,28).